The van der Waals surface area contributed by atoms with Gasteiger partial charge in [-0.2, -0.15) is 5.10 Å². The summed E-state index contributed by atoms with van der Waals surface area (Å²) < 4.78 is 1.71. The molecule has 1 heterocycles. The second kappa shape index (κ2) is 3.18. The molecule has 0 saturated heterocycles. The van der Waals surface area contributed by atoms with Gasteiger partial charge in [0.2, 0.25) is 5.91 Å². The molecule has 0 aliphatic rings. The van der Waals surface area contributed by atoms with Crippen LogP contribution in [-0.4, -0.2) is 15.7 Å². The monoisotopic (exact) mass is 153 g/mol. The van der Waals surface area contributed by atoms with Crippen LogP contribution in [0.5, 0.6) is 0 Å². The quantitative estimate of drug-likeness (QED) is 0.667. The van der Waals surface area contributed by atoms with Crippen LogP contribution >= 0.6 is 0 Å². The Bertz CT molecular complexity index is 254. The zero-order valence-electron chi connectivity index (χ0n) is 6.45. The Hall–Kier alpha value is -1.32. The number of carbonyl (C=O) groups is 1. The fraction of sp³-hybridized carbons (Fsp3) is 0.429. The van der Waals surface area contributed by atoms with E-state index in [1.54, 1.807) is 4.68 Å². The molecule has 1 amide bonds. The minimum atomic E-state index is -0.293. The zero-order valence-corrected chi connectivity index (χ0v) is 6.45. The smallest absolute Gasteiger partial charge is 0.219 e. The van der Waals surface area contributed by atoms with E-state index in [0.717, 1.165) is 5.69 Å². The Morgan fingerprint density at radius 1 is 1.82 bits per heavy atom. The number of hydrogen-bond donors (Lipinski definition) is 1. The molecule has 2 N–H and O–H groups in total. The molecule has 0 radical (unpaired) electrons. The van der Waals surface area contributed by atoms with Crippen LogP contribution in [0.25, 0.3) is 0 Å². The fourth-order valence-electron chi connectivity index (χ4n) is 0.812. The Labute approximate surface area is 65.0 Å². The first-order valence-corrected chi connectivity index (χ1v) is 3.47. The van der Waals surface area contributed by atoms with Crippen LogP contribution in [0.1, 0.15) is 12.1 Å². The molecule has 0 aliphatic carbocycles. The lowest BCUT2D eigenvalue weighted by Crippen LogP contribution is -2.14. The van der Waals surface area contributed by atoms with Crippen molar-refractivity contribution in [2.45, 2.75) is 19.9 Å². The number of nitrogens with two attached hydrogens (primary N) is 1. The first kappa shape index (κ1) is 7.78. The van der Waals surface area contributed by atoms with E-state index in [-0.39, 0.29) is 5.91 Å². The maximum atomic E-state index is 10.4. The summed E-state index contributed by atoms with van der Waals surface area (Å²) in [7, 11) is 0. The Balaban J connectivity index is 2.45. The van der Waals surface area contributed by atoms with Crippen molar-refractivity contribution < 1.29 is 4.79 Å². The molecule has 0 saturated carbocycles. The summed E-state index contributed by atoms with van der Waals surface area (Å²) in [6, 6.07) is 1.89. The summed E-state index contributed by atoms with van der Waals surface area (Å²) in [5.74, 6) is -0.293. The Morgan fingerprint density at radius 2 is 2.55 bits per heavy atom. The lowest BCUT2D eigenvalue weighted by Gasteiger charge is -1.96. The molecule has 1 aromatic rings. The van der Waals surface area contributed by atoms with Crippen LogP contribution in [0.4, 0.5) is 0 Å². The first-order chi connectivity index (χ1) is 5.18. The molecule has 1 aromatic heterocycles. The molecular weight excluding hydrogens is 142 g/mol. The number of amides is 1. The number of rotatable bonds is 3. The highest BCUT2D eigenvalue weighted by atomic mass is 16.1. The van der Waals surface area contributed by atoms with Gasteiger partial charge in [0, 0.05) is 19.2 Å². The van der Waals surface area contributed by atoms with Crippen molar-refractivity contribution in [2.24, 2.45) is 5.73 Å². The molecule has 4 nitrogen and oxygen atoms in total. The maximum absolute atomic E-state index is 10.4. The average molecular weight is 153 g/mol. The molecule has 60 valence electrons. The van der Waals surface area contributed by atoms with Crippen molar-refractivity contribution in [3.8, 4) is 0 Å². The van der Waals surface area contributed by atoms with Gasteiger partial charge in [0.05, 0.1) is 5.69 Å². The zero-order chi connectivity index (χ0) is 8.27. The lowest BCUT2D eigenvalue weighted by atomic mass is 10.4. The lowest BCUT2D eigenvalue weighted by molar-refractivity contribution is -0.118. The summed E-state index contributed by atoms with van der Waals surface area (Å²) >= 11 is 0. The largest absolute Gasteiger partial charge is 0.370 e. The van der Waals surface area contributed by atoms with Gasteiger partial charge in [-0.05, 0) is 13.0 Å². The molecule has 4 heteroatoms. The number of hydrogen-bond acceptors (Lipinski definition) is 2. The van der Waals surface area contributed by atoms with Crippen molar-refractivity contribution in [1.29, 1.82) is 0 Å². The minimum absolute atomic E-state index is 0.293. The maximum Gasteiger partial charge on any atom is 0.219 e. The van der Waals surface area contributed by atoms with E-state index in [2.05, 4.69) is 5.10 Å². The number of aryl methyl sites for hydroxylation is 2. The molecular formula is C7H11N3O. The van der Waals surface area contributed by atoms with Gasteiger partial charge >= 0.3 is 0 Å². The Kier molecular flexibility index (Phi) is 2.25. The van der Waals surface area contributed by atoms with Gasteiger partial charge in [-0.1, -0.05) is 0 Å². The van der Waals surface area contributed by atoms with Crippen LogP contribution in [0.2, 0.25) is 0 Å². The second-order valence-electron chi connectivity index (χ2n) is 2.44. The number of carbonyl (C=O) groups excluding carboxylic acids is 1. The highest BCUT2D eigenvalue weighted by Crippen LogP contribution is 1.93. The third kappa shape index (κ3) is 2.41. The Morgan fingerprint density at radius 3 is 3.00 bits per heavy atom. The molecule has 0 bridgehead atoms. The van der Waals surface area contributed by atoms with Crippen molar-refractivity contribution in [2.75, 3.05) is 0 Å². The highest BCUT2D eigenvalue weighted by molar-refractivity contribution is 5.73. The summed E-state index contributed by atoms with van der Waals surface area (Å²) in [5, 5.41) is 4.09. The van der Waals surface area contributed by atoms with E-state index in [9.17, 15) is 4.79 Å². The van der Waals surface area contributed by atoms with Gasteiger partial charge < -0.3 is 5.73 Å². The second-order valence-corrected chi connectivity index (χ2v) is 2.44. The van der Waals surface area contributed by atoms with E-state index in [1.165, 1.54) is 0 Å². The fourth-order valence-corrected chi connectivity index (χ4v) is 0.812. The predicted molar refractivity (Wildman–Crippen MR) is 40.8 cm³/mol. The normalized spacial score (nSPS) is 9.91. The van der Waals surface area contributed by atoms with Crippen LogP contribution < -0.4 is 5.73 Å². The first-order valence-electron chi connectivity index (χ1n) is 3.47. The third-order valence-corrected chi connectivity index (χ3v) is 1.36. The molecule has 0 aliphatic heterocycles. The van der Waals surface area contributed by atoms with Crippen LogP contribution in [0.3, 0.4) is 0 Å². The van der Waals surface area contributed by atoms with Crippen molar-refractivity contribution in [3.05, 3.63) is 18.0 Å². The van der Waals surface area contributed by atoms with E-state index in [0.29, 0.717) is 13.0 Å². The van der Waals surface area contributed by atoms with Gasteiger partial charge in [-0.25, -0.2) is 0 Å². The molecule has 0 spiro atoms. The number of aromatic nitrogens is 2. The summed E-state index contributed by atoms with van der Waals surface area (Å²) in [6.07, 6.45) is 2.18. The van der Waals surface area contributed by atoms with Crippen LogP contribution in [0, 0.1) is 6.92 Å². The molecule has 11 heavy (non-hydrogen) atoms. The standard InChI is InChI=1S/C7H11N3O/c1-6-2-4-10(9-6)5-3-7(8)11/h2,4H,3,5H2,1H3,(H2,8,11). The molecule has 0 fully saturated rings. The number of nitrogens with zero attached hydrogens (tertiary/aromatic N) is 2. The third-order valence-electron chi connectivity index (χ3n) is 1.36. The van der Waals surface area contributed by atoms with Gasteiger partial charge in [-0.3, -0.25) is 9.48 Å². The predicted octanol–water partition coefficient (Wildman–Crippen LogP) is 0.0669. The van der Waals surface area contributed by atoms with E-state index >= 15 is 0 Å². The van der Waals surface area contributed by atoms with Crippen LogP contribution in [0.15, 0.2) is 12.3 Å². The highest BCUT2D eigenvalue weighted by Gasteiger charge is 1.96. The van der Waals surface area contributed by atoms with Gasteiger partial charge in [-0.15, -0.1) is 0 Å². The van der Waals surface area contributed by atoms with Gasteiger partial charge in [0.25, 0.3) is 0 Å². The van der Waals surface area contributed by atoms with Crippen molar-refractivity contribution in [3.63, 3.8) is 0 Å². The molecule has 1 rings (SSSR count). The van der Waals surface area contributed by atoms with Gasteiger partial charge in [0.15, 0.2) is 0 Å². The van der Waals surface area contributed by atoms with Crippen molar-refractivity contribution in [1.82, 2.24) is 9.78 Å². The molecule has 0 atom stereocenters. The minimum Gasteiger partial charge on any atom is -0.370 e. The SMILES string of the molecule is Cc1ccn(CCC(N)=O)n1. The van der Waals surface area contributed by atoms with E-state index < -0.39 is 0 Å². The van der Waals surface area contributed by atoms with Gasteiger partial charge in [0.1, 0.15) is 0 Å². The number of primary amides is 1. The van der Waals surface area contributed by atoms with Crippen molar-refractivity contribution >= 4 is 5.91 Å². The van der Waals surface area contributed by atoms with E-state index in [4.69, 9.17) is 5.73 Å². The molecule has 0 aromatic carbocycles. The molecule has 0 unspecified atom stereocenters. The average Bonchev–Trinajstić information content (AvgIpc) is 2.31. The summed E-state index contributed by atoms with van der Waals surface area (Å²) in [5.41, 5.74) is 5.92. The summed E-state index contributed by atoms with van der Waals surface area (Å²) in [6.45, 7) is 2.48. The van der Waals surface area contributed by atoms with Crippen LogP contribution in [-0.2, 0) is 11.3 Å². The summed E-state index contributed by atoms with van der Waals surface area (Å²) in [4.78, 5) is 10.4. The topological polar surface area (TPSA) is 60.9 Å². The van der Waals surface area contributed by atoms with E-state index in [1.807, 2.05) is 19.2 Å².